The summed E-state index contributed by atoms with van der Waals surface area (Å²) in [4.78, 5) is 9.67. The summed E-state index contributed by atoms with van der Waals surface area (Å²) in [5.41, 5.74) is 2.46. The monoisotopic (exact) mass is 240 g/mol. The third-order valence-electron chi connectivity index (χ3n) is 1.45. The predicted octanol–water partition coefficient (Wildman–Crippen LogP) is 0.880. The molecule has 0 amide bonds. The Morgan fingerprint density at radius 3 is 3.06 bits per heavy atom. The fourth-order valence-electron chi connectivity index (χ4n) is 0.753. The second-order valence-corrected chi connectivity index (χ2v) is 2.92. The molecule has 1 rings (SSSR count). The Bertz CT molecular complexity index is 462. The van der Waals surface area contributed by atoms with Crippen molar-refractivity contribution in [2.45, 2.75) is 0 Å². The van der Waals surface area contributed by atoms with Gasteiger partial charge in [-0.1, -0.05) is 0 Å². The molecule has 1 aromatic heterocycles. The van der Waals surface area contributed by atoms with E-state index >= 15 is 0 Å². The molecule has 0 aliphatic rings. The van der Waals surface area contributed by atoms with Crippen molar-refractivity contribution < 1.29 is 9.34 Å². The first-order valence-corrected chi connectivity index (χ1v) is 4.54. The van der Waals surface area contributed by atoms with Gasteiger partial charge in [0.25, 0.3) is 0 Å². The van der Waals surface area contributed by atoms with Crippen molar-refractivity contribution in [3.05, 3.63) is 28.0 Å². The zero-order valence-corrected chi connectivity index (χ0v) is 9.08. The van der Waals surface area contributed by atoms with Crippen LogP contribution in [0.4, 0.5) is 5.88 Å². The third-order valence-corrected chi connectivity index (χ3v) is 1.74. The number of nitro groups is 1. The molecule has 1 aromatic rings. The molecule has 0 saturated heterocycles. The minimum absolute atomic E-state index is 0.285. The fraction of sp³-hybridized carbons (Fsp3) is 0.125. The van der Waals surface area contributed by atoms with E-state index < -0.39 is 4.92 Å². The quantitative estimate of drug-likeness (QED) is 0.352. The molecule has 0 saturated carbocycles. The van der Waals surface area contributed by atoms with Crippen LogP contribution >= 0.6 is 12.2 Å². The summed E-state index contributed by atoms with van der Waals surface area (Å²) in [6, 6.07) is 2.69. The lowest BCUT2D eigenvalue weighted by Crippen LogP contribution is -2.28. The SMILES string of the molecule is CNC(=S)NN=C=Cc1ccc([N+](=O)[O-])o1. The first kappa shape index (κ1) is 11.9. The largest absolute Gasteiger partial charge is 0.433 e. The van der Waals surface area contributed by atoms with Crippen LogP contribution in [0.2, 0.25) is 0 Å². The van der Waals surface area contributed by atoms with Gasteiger partial charge in [0.05, 0.1) is 6.07 Å². The van der Waals surface area contributed by atoms with Gasteiger partial charge in [0, 0.05) is 19.0 Å². The number of furan rings is 1. The van der Waals surface area contributed by atoms with Crippen LogP contribution in [-0.2, 0) is 0 Å². The van der Waals surface area contributed by atoms with Crippen LogP contribution in [0, 0.1) is 10.1 Å². The average Bonchev–Trinajstić information content (AvgIpc) is 2.72. The van der Waals surface area contributed by atoms with Crippen LogP contribution in [0.5, 0.6) is 0 Å². The van der Waals surface area contributed by atoms with Crippen LogP contribution < -0.4 is 10.7 Å². The molecule has 2 N–H and O–H groups in total. The molecule has 0 aliphatic heterocycles. The highest BCUT2D eigenvalue weighted by Gasteiger charge is 2.09. The summed E-state index contributed by atoms with van der Waals surface area (Å²) in [7, 11) is 1.64. The van der Waals surface area contributed by atoms with E-state index in [2.05, 4.69) is 21.7 Å². The molecule has 0 spiro atoms. The number of nitrogens with one attached hydrogen (secondary N) is 2. The Kier molecular flexibility index (Phi) is 4.19. The van der Waals surface area contributed by atoms with E-state index in [4.69, 9.17) is 16.6 Å². The summed E-state index contributed by atoms with van der Waals surface area (Å²) in [5.74, 6) is 2.42. The van der Waals surface area contributed by atoms with E-state index in [0.29, 0.717) is 5.11 Å². The van der Waals surface area contributed by atoms with Crippen LogP contribution in [0.15, 0.2) is 21.7 Å². The van der Waals surface area contributed by atoms with Crippen molar-refractivity contribution in [1.29, 1.82) is 0 Å². The maximum absolute atomic E-state index is 10.3. The van der Waals surface area contributed by atoms with Crippen molar-refractivity contribution in [3.63, 3.8) is 0 Å². The van der Waals surface area contributed by atoms with Gasteiger partial charge in [-0.25, -0.2) is 5.43 Å². The first-order valence-electron chi connectivity index (χ1n) is 4.14. The topological polar surface area (TPSA) is 92.7 Å². The average molecular weight is 240 g/mol. The molecule has 16 heavy (non-hydrogen) atoms. The summed E-state index contributed by atoms with van der Waals surface area (Å²) in [6.07, 6.45) is 1.35. The highest BCUT2D eigenvalue weighted by atomic mass is 32.1. The van der Waals surface area contributed by atoms with Gasteiger partial charge in [-0.15, -0.1) is 5.10 Å². The van der Waals surface area contributed by atoms with Gasteiger partial charge in [0.15, 0.2) is 5.11 Å². The van der Waals surface area contributed by atoms with Crippen LogP contribution in [0.1, 0.15) is 5.76 Å². The van der Waals surface area contributed by atoms with Gasteiger partial charge in [0.1, 0.15) is 10.7 Å². The van der Waals surface area contributed by atoms with Crippen molar-refractivity contribution in [1.82, 2.24) is 10.7 Å². The number of thiocarbonyl (C=S) groups is 1. The van der Waals surface area contributed by atoms with Crippen molar-refractivity contribution in [2.75, 3.05) is 7.05 Å². The number of hydrogen-bond donors (Lipinski definition) is 2. The van der Waals surface area contributed by atoms with Crippen LogP contribution in [0.3, 0.4) is 0 Å². The van der Waals surface area contributed by atoms with E-state index in [-0.39, 0.29) is 11.6 Å². The first-order chi connectivity index (χ1) is 7.63. The number of hydrogen-bond acceptors (Lipinski definition) is 5. The Morgan fingerprint density at radius 2 is 2.50 bits per heavy atom. The normalized spacial score (nSPS) is 8.81. The highest BCUT2D eigenvalue weighted by Crippen LogP contribution is 2.15. The minimum atomic E-state index is -0.622. The maximum Gasteiger partial charge on any atom is 0.433 e. The van der Waals surface area contributed by atoms with E-state index in [0.717, 1.165) is 0 Å². The van der Waals surface area contributed by atoms with Gasteiger partial charge in [0.2, 0.25) is 0 Å². The molecule has 1 heterocycles. The van der Waals surface area contributed by atoms with Crippen molar-refractivity contribution in [2.24, 2.45) is 5.10 Å². The highest BCUT2D eigenvalue weighted by molar-refractivity contribution is 7.80. The van der Waals surface area contributed by atoms with Gasteiger partial charge >= 0.3 is 5.88 Å². The standard InChI is InChI=1S/C8H8N4O3S/c1-9-8(16)11-10-5-4-6-2-3-7(15-6)12(13)14/h2-4H,1H3,(H2,9,11,16). The number of nitrogens with zero attached hydrogens (tertiary/aromatic N) is 2. The fourth-order valence-corrected chi connectivity index (χ4v) is 0.798. The van der Waals surface area contributed by atoms with Crippen molar-refractivity contribution in [3.8, 4) is 0 Å². The molecule has 7 nitrogen and oxygen atoms in total. The van der Waals surface area contributed by atoms with E-state index in [1.807, 2.05) is 0 Å². The molecule has 0 atom stereocenters. The Balaban J connectivity index is 2.62. The molecule has 0 aliphatic carbocycles. The zero-order valence-electron chi connectivity index (χ0n) is 8.26. The van der Waals surface area contributed by atoms with E-state index in [1.54, 1.807) is 7.05 Å². The van der Waals surface area contributed by atoms with Gasteiger partial charge in [-0.2, -0.15) is 0 Å². The lowest BCUT2D eigenvalue weighted by atomic mass is 10.4. The number of hydrazone groups is 1. The van der Waals surface area contributed by atoms with Crippen LogP contribution in [0.25, 0.3) is 6.08 Å². The molecule has 0 unspecified atom stereocenters. The maximum atomic E-state index is 10.3. The van der Waals surface area contributed by atoms with E-state index in [1.165, 1.54) is 18.2 Å². The minimum Gasteiger partial charge on any atom is -0.401 e. The molecule has 0 fully saturated rings. The van der Waals surface area contributed by atoms with E-state index in [9.17, 15) is 10.1 Å². The molecule has 8 heteroatoms. The summed E-state index contributed by atoms with van der Waals surface area (Å²) in [6.45, 7) is 0. The summed E-state index contributed by atoms with van der Waals surface area (Å²) in [5, 5.41) is 16.9. The zero-order chi connectivity index (χ0) is 12.0. The predicted molar refractivity (Wildman–Crippen MR) is 62.1 cm³/mol. The summed E-state index contributed by atoms with van der Waals surface area (Å²) >= 11 is 4.74. The smallest absolute Gasteiger partial charge is 0.401 e. The molecule has 84 valence electrons. The van der Waals surface area contributed by atoms with Gasteiger partial charge < -0.3 is 9.73 Å². The molecule has 0 radical (unpaired) electrons. The van der Waals surface area contributed by atoms with Gasteiger partial charge in [-0.3, -0.25) is 10.1 Å². The Morgan fingerprint density at radius 1 is 1.75 bits per heavy atom. The second-order valence-electron chi connectivity index (χ2n) is 2.51. The molecule has 0 bridgehead atoms. The second kappa shape index (κ2) is 5.64. The molecular formula is C8H8N4O3S. The summed E-state index contributed by atoms with van der Waals surface area (Å²) < 4.78 is 4.83. The van der Waals surface area contributed by atoms with Crippen LogP contribution in [-0.4, -0.2) is 23.0 Å². The third kappa shape index (κ3) is 3.52. The van der Waals surface area contributed by atoms with Crippen molar-refractivity contribution >= 4 is 35.2 Å². The van der Waals surface area contributed by atoms with Gasteiger partial charge in [-0.05, 0) is 18.3 Å². The lowest BCUT2D eigenvalue weighted by molar-refractivity contribution is -0.402. The Labute approximate surface area is 96.0 Å². The lowest BCUT2D eigenvalue weighted by Gasteiger charge is -1.96. The molecule has 0 aromatic carbocycles. The number of rotatable bonds is 3. The molecular weight excluding hydrogens is 232 g/mol. The Hall–Kier alpha value is -2.18.